The van der Waals surface area contributed by atoms with Gasteiger partial charge in [0.15, 0.2) is 11.6 Å². The van der Waals surface area contributed by atoms with Crippen molar-refractivity contribution < 1.29 is 0 Å². The van der Waals surface area contributed by atoms with E-state index >= 15 is 0 Å². The predicted molar refractivity (Wildman–Crippen MR) is 107 cm³/mol. The lowest BCUT2D eigenvalue weighted by Gasteiger charge is -2.08. The van der Waals surface area contributed by atoms with Gasteiger partial charge >= 0.3 is 0 Å². The second-order valence-corrected chi connectivity index (χ2v) is 6.30. The highest BCUT2D eigenvalue weighted by Gasteiger charge is 2.12. The Labute approximate surface area is 161 Å². The molecule has 0 amide bonds. The molecule has 0 N–H and O–H groups in total. The highest BCUT2D eigenvalue weighted by atomic mass is 15.3. The van der Waals surface area contributed by atoms with Crippen LogP contribution in [0.5, 0.6) is 0 Å². The third-order valence-corrected chi connectivity index (χ3v) is 4.57. The molecule has 0 radical (unpaired) electrons. The van der Waals surface area contributed by atoms with E-state index < -0.39 is 0 Å². The summed E-state index contributed by atoms with van der Waals surface area (Å²) in [4.78, 5) is 0. The summed E-state index contributed by atoms with van der Waals surface area (Å²) in [7, 11) is 0. The summed E-state index contributed by atoms with van der Waals surface area (Å²) >= 11 is 0. The number of para-hydroxylation sites is 2. The molecule has 0 spiro atoms. The Bertz CT molecular complexity index is 1090. The number of benzene rings is 3. The first-order chi connectivity index (χ1) is 13.9. The molecule has 0 aliphatic heterocycles. The monoisotopic (exact) mass is 364 g/mol. The second-order valence-electron chi connectivity index (χ2n) is 6.30. The zero-order valence-electron chi connectivity index (χ0n) is 14.9. The van der Waals surface area contributed by atoms with Gasteiger partial charge < -0.3 is 0 Å². The Balaban J connectivity index is 1.51. The van der Waals surface area contributed by atoms with Crippen molar-refractivity contribution in [2.45, 2.75) is 0 Å². The third kappa shape index (κ3) is 2.87. The summed E-state index contributed by atoms with van der Waals surface area (Å²) in [6, 6.07) is 28.2. The molecule has 0 fully saturated rings. The lowest BCUT2D eigenvalue weighted by Crippen LogP contribution is -1.97. The summed E-state index contributed by atoms with van der Waals surface area (Å²) in [5.41, 5.74) is 4.01. The van der Waals surface area contributed by atoms with E-state index in [4.69, 9.17) is 0 Å². The average Bonchev–Trinajstić information content (AvgIpc) is 3.45. The minimum atomic E-state index is 0.794. The van der Waals surface area contributed by atoms with Crippen LogP contribution in [0.1, 0.15) is 0 Å². The van der Waals surface area contributed by atoms with Crippen molar-refractivity contribution >= 4 is 0 Å². The van der Waals surface area contributed by atoms with Gasteiger partial charge in [0.25, 0.3) is 0 Å². The molecule has 0 aliphatic carbocycles. The molecule has 0 atom stereocenters. The van der Waals surface area contributed by atoms with Crippen LogP contribution in [0.25, 0.3) is 34.2 Å². The van der Waals surface area contributed by atoms with E-state index in [0.717, 1.165) is 34.2 Å². The van der Waals surface area contributed by atoms with E-state index in [9.17, 15) is 0 Å². The zero-order chi connectivity index (χ0) is 18.8. The lowest BCUT2D eigenvalue weighted by molar-refractivity contribution is 1.06. The highest BCUT2D eigenvalue weighted by Crippen LogP contribution is 2.25. The van der Waals surface area contributed by atoms with Gasteiger partial charge in [0, 0.05) is 22.5 Å². The van der Waals surface area contributed by atoms with Gasteiger partial charge in [0.1, 0.15) is 12.7 Å². The Kier molecular flexibility index (Phi) is 3.99. The quantitative estimate of drug-likeness (QED) is 0.480. The smallest absolute Gasteiger partial charge is 0.168 e. The molecule has 5 rings (SSSR count). The van der Waals surface area contributed by atoms with Gasteiger partial charge in [-0.05, 0) is 24.3 Å². The van der Waals surface area contributed by atoms with E-state index in [1.54, 1.807) is 12.7 Å². The molecular formula is C22H16N6. The Morgan fingerprint density at radius 2 is 0.857 bits per heavy atom. The first-order valence-corrected chi connectivity index (χ1v) is 8.92. The fraction of sp³-hybridized carbons (Fsp3) is 0. The van der Waals surface area contributed by atoms with Crippen LogP contribution in [0.3, 0.4) is 0 Å². The molecule has 2 aromatic heterocycles. The summed E-state index contributed by atoms with van der Waals surface area (Å²) in [5, 5.41) is 16.8. The summed E-state index contributed by atoms with van der Waals surface area (Å²) in [6.45, 7) is 0. The van der Waals surface area contributed by atoms with Gasteiger partial charge in [-0.3, -0.25) is 9.13 Å². The van der Waals surface area contributed by atoms with E-state index in [2.05, 4.69) is 20.4 Å². The summed E-state index contributed by atoms with van der Waals surface area (Å²) in [6.07, 6.45) is 3.45. The van der Waals surface area contributed by atoms with Crippen molar-refractivity contribution in [3.63, 3.8) is 0 Å². The van der Waals surface area contributed by atoms with Gasteiger partial charge in [0.2, 0.25) is 0 Å². The van der Waals surface area contributed by atoms with Crippen molar-refractivity contribution in [2.24, 2.45) is 0 Å². The number of rotatable bonds is 4. The molecule has 0 saturated heterocycles. The van der Waals surface area contributed by atoms with E-state index in [-0.39, 0.29) is 0 Å². The summed E-state index contributed by atoms with van der Waals surface area (Å²) < 4.78 is 3.95. The first-order valence-electron chi connectivity index (χ1n) is 8.92. The predicted octanol–water partition coefficient (Wildman–Crippen LogP) is 4.18. The number of hydrogen-bond donors (Lipinski definition) is 0. The van der Waals surface area contributed by atoms with E-state index in [0.29, 0.717) is 0 Å². The second kappa shape index (κ2) is 6.92. The highest BCUT2D eigenvalue weighted by molar-refractivity contribution is 5.65. The maximum absolute atomic E-state index is 4.30. The average molecular weight is 364 g/mol. The molecule has 134 valence electrons. The molecule has 28 heavy (non-hydrogen) atoms. The van der Waals surface area contributed by atoms with Gasteiger partial charge in [0.05, 0.1) is 0 Å². The molecule has 3 aromatic carbocycles. The SMILES string of the molecule is c1ccc(-n2cnnc2-c2ccc(-c3nncn3-c3ccccc3)cc2)cc1. The maximum Gasteiger partial charge on any atom is 0.168 e. The van der Waals surface area contributed by atoms with Crippen LogP contribution < -0.4 is 0 Å². The topological polar surface area (TPSA) is 61.4 Å². The fourth-order valence-corrected chi connectivity index (χ4v) is 3.19. The Morgan fingerprint density at radius 3 is 1.25 bits per heavy atom. The van der Waals surface area contributed by atoms with Crippen molar-refractivity contribution in [3.8, 4) is 34.2 Å². The number of aromatic nitrogens is 6. The van der Waals surface area contributed by atoms with Crippen LogP contribution in [-0.2, 0) is 0 Å². The normalized spacial score (nSPS) is 10.9. The van der Waals surface area contributed by atoms with Crippen LogP contribution in [0.15, 0.2) is 97.6 Å². The van der Waals surface area contributed by atoms with Crippen LogP contribution in [0.4, 0.5) is 0 Å². The molecule has 0 aliphatic rings. The van der Waals surface area contributed by atoms with Crippen LogP contribution in [-0.4, -0.2) is 29.5 Å². The van der Waals surface area contributed by atoms with E-state index in [1.807, 2.05) is 94.1 Å². The van der Waals surface area contributed by atoms with Crippen molar-refractivity contribution in [3.05, 3.63) is 97.6 Å². The van der Waals surface area contributed by atoms with Crippen LogP contribution in [0.2, 0.25) is 0 Å². The van der Waals surface area contributed by atoms with Crippen LogP contribution >= 0.6 is 0 Å². The largest absolute Gasteiger partial charge is 0.282 e. The molecule has 0 unspecified atom stereocenters. The third-order valence-electron chi connectivity index (χ3n) is 4.57. The lowest BCUT2D eigenvalue weighted by atomic mass is 10.1. The molecule has 6 nitrogen and oxygen atoms in total. The number of nitrogens with zero attached hydrogens (tertiary/aromatic N) is 6. The fourth-order valence-electron chi connectivity index (χ4n) is 3.19. The van der Waals surface area contributed by atoms with Gasteiger partial charge in [-0.1, -0.05) is 60.7 Å². The van der Waals surface area contributed by atoms with Gasteiger partial charge in [-0.25, -0.2) is 0 Å². The van der Waals surface area contributed by atoms with Crippen molar-refractivity contribution in [2.75, 3.05) is 0 Å². The molecule has 2 heterocycles. The Hall–Kier alpha value is -4.06. The zero-order valence-corrected chi connectivity index (χ0v) is 14.9. The minimum absolute atomic E-state index is 0.794. The first kappa shape index (κ1) is 16.1. The van der Waals surface area contributed by atoms with Gasteiger partial charge in [-0.15, -0.1) is 20.4 Å². The van der Waals surface area contributed by atoms with Gasteiger partial charge in [-0.2, -0.15) is 0 Å². The maximum atomic E-state index is 4.30. The molecule has 0 saturated carbocycles. The summed E-state index contributed by atoms with van der Waals surface area (Å²) in [5.74, 6) is 1.59. The standard InChI is InChI=1S/C22H16N6/c1-3-7-19(8-4-1)27-15-23-25-21(27)17-11-13-18(14-12-17)22-26-24-16-28(22)20-9-5-2-6-10-20/h1-16H. The van der Waals surface area contributed by atoms with Crippen LogP contribution in [0, 0.1) is 0 Å². The van der Waals surface area contributed by atoms with Crippen molar-refractivity contribution in [1.29, 1.82) is 0 Å². The molecule has 6 heteroatoms. The Morgan fingerprint density at radius 1 is 0.464 bits per heavy atom. The molecule has 0 bridgehead atoms. The minimum Gasteiger partial charge on any atom is -0.282 e. The van der Waals surface area contributed by atoms with Crippen molar-refractivity contribution in [1.82, 2.24) is 29.5 Å². The molecule has 5 aromatic rings. The number of hydrogen-bond acceptors (Lipinski definition) is 4. The van der Waals surface area contributed by atoms with E-state index in [1.165, 1.54) is 0 Å². The molecular weight excluding hydrogens is 348 g/mol.